The molecule has 1 N–H and O–H groups in total. The van der Waals surface area contributed by atoms with Gasteiger partial charge in [0.2, 0.25) is 5.91 Å². The number of ether oxygens (including phenoxy) is 1. The maximum atomic E-state index is 12.6. The van der Waals surface area contributed by atoms with Crippen molar-refractivity contribution in [3.05, 3.63) is 28.2 Å². The van der Waals surface area contributed by atoms with Gasteiger partial charge in [0.15, 0.2) is 6.10 Å². The van der Waals surface area contributed by atoms with Gasteiger partial charge in [0.25, 0.3) is 5.91 Å². The highest BCUT2D eigenvalue weighted by Gasteiger charge is 2.30. The summed E-state index contributed by atoms with van der Waals surface area (Å²) in [5.74, 6) is 0.405. The molecular weight excluding hydrogens is 363 g/mol. The van der Waals surface area contributed by atoms with Gasteiger partial charge in [0.1, 0.15) is 5.75 Å². The van der Waals surface area contributed by atoms with Crippen molar-refractivity contribution in [2.45, 2.75) is 39.2 Å². The monoisotopic (exact) mass is 386 g/mol. The van der Waals surface area contributed by atoms with Gasteiger partial charge in [-0.1, -0.05) is 30.1 Å². The fourth-order valence-corrected chi connectivity index (χ4v) is 3.28. The Morgan fingerprint density at radius 3 is 2.60 bits per heavy atom. The summed E-state index contributed by atoms with van der Waals surface area (Å²) in [5, 5.41) is 3.81. The molecule has 0 saturated carbocycles. The molecule has 5 nitrogen and oxygen atoms in total. The second kappa shape index (κ2) is 9.30. The first-order valence-corrected chi connectivity index (χ1v) is 9.36. The van der Waals surface area contributed by atoms with E-state index in [0.29, 0.717) is 48.3 Å². The van der Waals surface area contributed by atoms with Crippen LogP contribution in [0, 0.1) is 5.92 Å². The third kappa shape index (κ3) is 5.51. The lowest BCUT2D eigenvalue weighted by molar-refractivity contribution is -0.141. The van der Waals surface area contributed by atoms with Crippen LogP contribution in [-0.2, 0) is 9.59 Å². The smallest absolute Gasteiger partial charge is 0.263 e. The average molecular weight is 387 g/mol. The number of hydrogen-bond donors (Lipinski definition) is 1. The minimum atomic E-state index is -0.649. The lowest BCUT2D eigenvalue weighted by atomic mass is 9.95. The van der Waals surface area contributed by atoms with Crippen LogP contribution in [0.15, 0.2) is 18.2 Å². The molecule has 1 aliphatic heterocycles. The zero-order valence-corrected chi connectivity index (χ0v) is 16.1. The molecule has 0 aromatic heterocycles. The van der Waals surface area contributed by atoms with E-state index in [4.69, 9.17) is 27.9 Å². The zero-order valence-electron chi connectivity index (χ0n) is 14.6. The van der Waals surface area contributed by atoms with Crippen molar-refractivity contribution in [3.63, 3.8) is 0 Å². The predicted octanol–water partition coefficient (Wildman–Crippen LogP) is 3.53. The molecule has 0 aliphatic carbocycles. The van der Waals surface area contributed by atoms with Crippen molar-refractivity contribution in [1.82, 2.24) is 10.2 Å². The van der Waals surface area contributed by atoms with E-state index in [1.807, 2.05) is 6.92 Å². The van der Waals surface area contributed by atoms with Gasteiger partial charge in [-0.25, -0.2) is 0 Å². The molecule has 1 aromatic rings. The number of likely N-dealkylation sites (tertiary alicyclic amines) is 1. The van der Waals surface area contributed by atoms with E-state index in [1.54, 1.807) is 30.0 Å². The Hall–Kier alpha value is -1.46. The summed E-state index contributed by atoms with van der Waals surface area (Å²) in [6.07, 6.45) is 1.63. The first-order chi connectivity index (χ1) is 11.9. The van der Waals surface area contributed by atoms with E-state index in [1.165, 1.54) is 0 Å². The van der Waals surface area contributed by atoms with Crippen molar-refractivity contribution in [2.24, 2.45) is 5.92 Å². The first-order valence-electron chi connectivity index (χ1n) is 8.60. The van der Waals surface area contributed by atoms with Crippen molar-refractivity contribution in [2.75, 3.05) is 19.6 Å². The number of nitrogens with zero attached hydrogens (tertiary/aromatic N) is 1. The second-order valence-electron chi connectivity index (χ2n) is 6.23. The van der Waals surface area contributed by atoms with Crippen molar-refractivity contribution in [3.8, 4) is 5.75 Å². The minimum absolute atomic E-state index is 0.0162. The van der Waals surface area contributed by atoms with Crippen LogP contribution >= 0.6 is 23.2 Å². The largest absolute Gasteiger partial charge is 0.479 e. The van der Waals surface area contributed by atoms with E-state index in [-0.39, 0.29) is 17.7 Å². The highest BCUT2D eigenvalue weighted by Crippen LogP contribution is 2.28. The fraction of sp³-hybridized carbons (Fsp3) is 0.556. The molecule has 2 amide bonds. The van der Waals surface area contributed by atoms with Gasteiger partial charge in [-0.3, -0.25) is 9.59 Å². The molecule has 7 heteroatoms. The fourth-order valence-electron chi connectivity index (χ4n) is 2.82. The predicted molar refractivity (Wildman–Crippen MR) is 99.2 cm³/mol. The normalized spacial score (nSPS) is 16.4. The summed E-state index contributed by atoms with van der Waals surface area (Å²) in [7, 11) is 0. The number of hydrogen-bond acceptors (Lipinski definition) is 3. The molecule has 1 saturated heterocycles. The summed E-state index contributed by atoms with van der Waals surface area (Å²) < 4.78 is 5.68. The molecule has 0 spiro atoms. The Balaban J connectivity index is 1.86. The van der Waals surface area contributed by atoms with Gasteiger partial charge >= 0.3 is 0 Å². The Morgan fingerprint density at radius 2 is 2.00 bits per heavy atom. The van der Waals surface area contributed by atoms with E-state index in [0.717, 1.165) is 6.42 Å². The van der Waals surface area contributed by atoms with Gasteiger partial charge in [0, 0.05) is 30.6 Å². The van der Waals surface area contributed by atoms with Crippen LogP contribution in [0.1, 0.15) is 33.1 Å². The number of nitrogens with one attached hydrogen (secondary N) is 1. The molecule has 1 unspecified atom stereocenters. The number of amides is 2. The van der Waals surface area contributed by atoms with Gasteiger partial charge in [-0.05, 0) is 44.4 Å². The van der Waals surface area contributed by atoms with E-state index in [2.05, 4.69) is 5.32 Å². The Labute approximate surface area is 158 Å². The molecule has 138 valence electrons. The standard InChI is InChI=1S/C18H24Cl2N2O3/c1-3-8-21-17(23)13-6-9-22(10-7-13)18(24)12(2)25-16-5-4-14(19)11-15(16)20/h4-5,11-13H,3,6-10H2,1-2H3,(H,21,23). The van der Waals surface area contributed by atoms with Crippen LogP contribution in [0.4, 0.5) is 0 Å². The number of carbonyl (C=O) groups is 2. The summed E-state index contributed by atoms with van der Waals surface area (Å²) >= 11 is 11.9. The van der Waals surface area contributed by atoms with Crippen LogP contribution in [0.5, 0.6) is 5.75 Å². The SMILES string of the molecule is CCCNC(=O)C1CCN(C(=O)C(C)Oc2ccc(Cl)cc2Cl)CC1. The van der Waals surface area contributed by atoms with Crippen LogP contribution < -0.4 is 10.1 Å². The zero-order chi connectivity index (χ0) is 18.4. The molecular formula is C18H24Cl2N2O3. The van der Waals surface area contributed by atoms with Crippen molar-refractivity contribution < 1.29 is 14.3 Å². The summed E-state index contributed by atoms with van der Waals surface area (Å²) in [6.45, 7) is 5.55. The number of piperidine rings is 1. The van der Waals surface area contributed by atoms with Gasteiger partial charge in [0.05, 0.1) is 5.02 Å². The maximum absolute atomic E-state index is 12.6. The number of benzene rings is 1. The molecule has 1 fully saturated rings. The third-order valence-corrected chi connectivity index (χ3v) is 4.80. The van der Waals surface area contributed by atoms with Crippen LogP contribution in [-0.4, -0.2) is 42.5 Å². The molecule has 0 radical (unpaired) electrons. The first kappa shape index (κ1) is 19.9. The van der Waals surface area contributed by atoms with Crippen molar-refractivity contribution in [1.29, 1.82) is 0 Å². The quantitative estimate of drug-likeness (QED) is 0.813. The van der Waals surface area contributed by atoms with Crippen LogP contribution in [0.3, 0.4) is 0 Å². The Kier molecular flexibility index (Phi) is 7.38. The molecule has 1 atom stereocenters. The number of carbonyl (C=O) groups excluding carboxylic acids is 2. The van der Waals surface area contributed by atoms with Gasteiger partial charge in [-0.15, -0.1) is 0 Å². The van der Waals surface area contributed by atoms with Crippen molar-refractivity contribution >= 4 is 35.0 Å². The highest BCUT2D eigenvalue weighted by molar-refractivity contribution is 6.35. The third-order valence-electron chi connectivity index (χ3n) is 4.27. The summed E-state index contributed by atoms with van der Waals surface area (Å²) in [6, 6.07) is 4.90. The second-order valence-corrected chi connectivity index (χ2v) is 7.07. The summed E-state index contributed by atoms with van der Waals surface area (Å²) in [5.41, 5.74) is 0. The van der Waals surface area contributed by atoms with E-state index < -0.39 is 6.10 Å². The number of rotatable bonds is 6. The topological polar surface area (TPSA) is 58.6 Å². The highest BCUT2D eigenvalue weighted by atomic mass is 35.5. The Bertz CT molecular complexity index is 616. The molecule has 1 aliphatic rings. The molecule has 2 rings (SSSR count). The molecule has 0 bridgehead atoms. The minimum Gasteiger partial charge on any atom is -0.479 e. The van der Waals surface area contributed by atoms with E-state index >= 15 is 0 Å². The lowest BCUT2D eigenvalue weighted by Crippen LogP contribution is -2.47. The molecule has 1 heterocycles. The Morgan fingerprint density at radius 1 is 1.32 bits per heavy atom. The van der Waals surface area contributed by atoms with Crippen LogP contribution in [0.25, 0.3) is 0 Å². The molecule has 25 heavy (non-hydrogen) atoms. The van der Waals surface area contributed by atoms with E-state index in [9.17, 15) is 9.59 Å². The van der Waals surface area contributed by atoms with Crippen LogP contribution in [0.2, 0.25) is 10.0 Å². The maximum Gasteiger partial charge on any atom is 0.263 e. The molecule has 1 aromatic carbocycles. The van der Waals surface area contributed by atoms with Gasteiger partial charge < -0.3 is 15.0 Å². The van der Waals surface area contributed by atoms with Gasteiger partial charge in [-0.2, -0.15) is 0 Å². The lowest BCUT2D eigenvalue weighted by Gasteiger charge is -2.33. The average Bonchev–Trinajstić information content (AvgIpc) is 2.61. The number of halogens is 2. The summed E-state index contributed by atoms with van der Waals surface area (Å²) in [4.78, 5) is 26.3.